The number of hydrogen-bond acceptors (Lipinski definition) is 0. The Labute approximate surface area is 49.2 Å². The molecule has 0 fully saturated rings. The van der Waals surface area contributed by atoms with Crippen molar-refractivity contribution in [2.24, 2.45) is 0 Å². The Balaban J connectivity index is 3.02. The van der Waals surface area contributed by atoms with Crippen LogP contribution in [0.2, 0.25) is 4.75 Å². The van der Waals surface area contributed by atoms with Gasteiger partial charge in [-0.15, -0.1) is 0 Å². The number of rotatable bonds is 0. The van der Waals surface area contributed by atoms with Gasteiger partial charge in [0.2, 0.25) is 0 Å². The van der Waals surface area contributed by atoms with Crippen LogP contribution < -0.4 is 0 Å². The average molecular weight is 131 g/mol. The molecule has 0 radical (unpaired) electrons. The smallest absolute Gasteiger partial charge is 0.0676 e. The molecule has 7 heavy (non-hydrogen) atoms. The first-order valence-electron chi connectivity index (χ1n) is 1.96. The lowest BCUT2D eigenvalue weighted by molar-refractivity contribution is 1.88. The minimum Gasteiger partial charge on any atom is -0.0790 e. The molecular formula is C5H4ClP. The fourth-order valence-corrected chi connectivity index (χ4v) is 1.08. The number of halogens is 1. The van der Waals surface area contributed by atoms with Gasteiger partial charge < -0.3 is 0 Å². The first-order chi connectivity index (χ1) is 3.39. The zero-order valence-corrected chi connectivity index (χ0v) is 5.28. The molecule has 0 aliphatic rings. The highest BCUT2D eigenvalue weighted by atomic mass is 35.5. The molecule has 1 aromatic rings. The van der Waals surface area contributed by atoms with Gasteiger partial charge in [-0.2, -0.15) is 0 Å². The molecule has 0 nitrogen and oxygen atoms in total. The van der Waals surface area contributed by atoms with Crippen LogP contribution >= 0.6 is 19.8 Å². The summed E-state index contributed by atoms with van der Waals surface area (Å²) >= 11 is 5.58. The molecule has 1 aromatic heterocycles. The summed E-state index contributed by atoms with van der Waals surface area (Å²) in [6, 6.07) is 5.80. The highest BCUT2D eigenvalue weighted by molar-refractivity contribution is 7.33. The fourth-order valence-electron chi connectivity index (χ4n) is 0.342. The normalized spacial score (nSPS) is 9.86. The van der Waals surface area contributed by atoms with E-state index in [-0.39, 0.29) is 0 Å². The molecule has 0 spiro atoms. The zero-order valence-electron chi connectivity index (χ0n) is 3.63. The van der Waals surface area contributed by atoms with E-state index in [9.17, 15) is 0 Å². The van der Waals surface area contributed by atoms with E-state index in [0.29, 0.717) is 0 Å². The maximum atomic E-state index is 5.58. The molecule has 0 saturated carbocycles. The van der Waals surface area contributed by atoms with Crippen LogP contribution in [0.15, 0.2) is 24.0 Å². The highest BCUT2D eigenvalue weighted by Crippen LogP contribution is 2.17. The van der Waals surface area contributed by atoms with Crippen molar-refractivity contribution in [2.75, 3.05) is 0 Å². The van der Waals surface area contributed by atoms with Gasteiger partial charge in [0.25, 0.3) is 0 Å². The summed E-state index contributed by atoms with van der Waals surface area (Å²) in [5.41, 5.74) is 0. The van der Waals surface area contributed by atoms with Crippen LogP contribution in [-0.2, 0) is 0 Å². The second-order valence-electron chi connectivity index (χ2n) is 1.15. The Kier molecular flexibility index (Phi) is 1.67. The monoisotopic (exact) mass is 130 g/mol. The van der Waals surface area contributed by atoms with Gasteiger partial charge in [-0.25, -0.2) is 0 Å². The van der Waals surface area contributed by atoms with Crippen LogP contribution in [0.25, 0.3) is 0 Å². The summed E-state index contributed by atoms with van der Waals surface area (Å²) in [7, 11) is 1.11. The van der Waals surface area contributed by atoms with Gasteiger partial charge in [-0.1, -0.05) is 31.9 Å². The Hall–Kier alpha value is -0.0600. The van der Waals surface area contributed by atoms with E-state index in [4.69, 9.17) is 11.6 Å². The van der Waals surface area contributed by atoms with Crippen LogP contribution in [0, 0.1) is 0 Å². The predicted molar refractivity (Wildman–Crippen MR) is 34.0 cm³/mol. The Morgan fingerprint density at radius 3 is 2.57 bits per heavy atom. The van der Waals surface area contributed by atoms with Gasteiger partial charge in [0.15, 0.2) is 0 Å². The van der Waals surface area contributed by atoms with E-state index < -0.39 is 0 Å². The molecule has 0 aliphatic carbocycles. The molecule has 0 saturated heterocycles. The van der Waals surface area contributed by atoms with Gasteiger partial charge in [-0.05, 0) is 11.9 Å². The van der Waals surface area contributed by atoms with Gasteiger partial charge in [0, 0.05) is 0 Å². The second kappa shape index (κ2) is 2.30. The lowest BCUT2D eigenvalue weighted by Crippen LogP contribution is -1.47. The highest BCUT2D eigenvalue weighted by Gasteiger charge is 1.76. The Bertz CT molecular complexity index is 138. The lowest BCUT2D eigenvalue weighted by Gasteiger charge is -1.79. The van der Waals surface area contributed by atoms with Gasteiger partial charge in [-0.3, -0.25) is 0 Å². The summed E-state index contributed by atoms with van der Waals surface area (Å²) in [6.07, 6.45) is 0. The first kappa shape index (κ1) is 5.08. The van der Waals surface area contributed by atoms with E-state index in [1.165, 1.54) is 0 Å². The molecule has 0 amide bonds. The topological polar surface area (TPSA) is 0 Å². The molecule has 0 aliphatic heterocycles. The third kappa shape index (κ3) is 1.46. The molecule has 0 N–H and O–H groups in total. The van der Waals surface area contributed by atoms with Gasteiger partial charge in [0.05, 0.1) is 4.75 Å². The van der Waals surface area contributed by atoms with Crippen molar-refractivity contribution in [1.82, 2.24) is 0 Å². The summed E-state index contributed by atoms with van der Waals surface area (Å²) in [6.45, 7) is 0. The molecule has 0 bridgehead atoms. The van der Waals surface area contributed by atoms with E-state index in [1.807, 2.05) is 24.0 Å². The molecule has 0 unspecified atom stereocenters. The van der Waals surface area contributed by atoms with Crippen molar-refractivity contribution in [2.45, 2.75) is 0 Å². The lowest BCUT2D eigenvalue weighted by atomic mass is 10.6. The fraction of sp³-hybridized carbons (Fsp3) is 0. The maximum Gasteiger partial charge on any atom is 0.0676 e. The zero-order chi connectivity index (χ0) is 5.11. The van der Waals surface area contributed by atoms with Crippen LogP contribution in [0.3, 0.4) is 0 Å². The largest absolute Gasteiger partial charge is 0.0790 e. The summed E-state index contributed by atoms with van der Waals surface area (Å²) in [5, 5.41) is 0. The van der Waals surface area contributed by atoms with Crippen molar-refractivity contribution in [3.8, 4) is 0 Å². The van der Waals surface area contributed by atoms with E-state index in [0.717, 1.165) is 12.9 Å². The third-order valence-corrected chi connectivity index (χ3v) is 1.76. The minimum atomic E-state index is 0.891. The van der Waals surface area contributed by atoms with E-state index in [2.05, 4.69) is 0 Å². The van der Waals surface area contributed by atoms with Crippen LogP contribution in [0.5, 0.6) is 0 Å². The van der Waals surface area contributed by atoms with Crippen molar-refractivity contribution in [3.63, 3.8) is 0 Å². The SMILES string of the molecule is Clc1ccccp1. The number of hydrogen-bond donors (Lipinski definition) is 0. The molecule has 1 rings (SSSR count). The summed E-state index contributed by atoms with van der Waals surface area (Å²) in [5.74, 6) is 2.00. The average Bonchev–Trinajstić information content (AvgIpc) is 1.69. The van der Waals surface area contributed by atoms with Gasteiger partial charge >= 0.3 is 0 Å². The third-order valence-electron chi connectivity index (χ3n) is 0.629. The van der Waals surface area contributed by atoms with Crippen LogP contribution in [0.4, 0.5) is 0 Å². The minimum absolute atomic E-state index is 0.891. The van der Waals surface area contributed by atoms with Crippen molar-refractivity contribution in [3.05, 3.63) is 28.8 Å². The van der Waals surface area contributed by atoms with Crippen molar-refractivity contribution < 1.29 is 0 Å². The predicted octanol–water partition coefficient (Wildman–Crippen LogP) is 2.92. The molecule has 1 heterocycles. The van der Waals surface area contributed by atoms with Crippen LogP contribution in [0.1, 0.15) is 0 Å². The summed E-state index contributed by atoms with van der Waals surface area (Å²) in [4.78, 5) is 0. The molecule has 36 valence electrons. The quantitative estimate of drug-likeness (QED) is 0.507. The molecule has 0 atom stereocenters. The first-order valence-corrected chi connectivity index (χ1v) is 3.30. The van der Waals surface area contributed by atoms with Crippen LogP contribution in [-0.4, -0.2) is 0 Å². The summed E-state index contributed by atoms with van der Waals surface area (Å²) < 4.78 is 0.891. The standard InChI is InChI=1S/C5H4ClP/c6-5-3-1-2-4-7-5/h1-4H. The van der Waals surface area contributed by atoms with Crippen molar-refractivity contribution >= 4 is 19.8 Å². The molecule has 2 heteroatoms. The Morgan fingerprint density at radius 1 is 1.43 bits per heavy atom. The van der Waals surface area contributed by atoms with Gasteiger partial charge in [0.1, 0.15) is 0 Å². The molecule has 0 aromatic carbocycles. The van der Waals surface area contributed by atoms with Crippen molar-refractivity contribution in [1.29, 1.82) is 0 Å². The Morgan fingerprint density at radius 2 is 2.29 bits per heavy atom. The van der Waals surface area contributed by atoms with E-state index >= 15 is 0 Å². The van der Waals surface area contributed by atoms with E-state index in [1.54, 1.807) is 0 Å². The maximum absolute atomic E-state index is 5.58. The second-order valence-corrected chi connectivity index (χ2v) is 2.86. The molecular weight excluding hydrogens is 126 g/mol.